The van der Waals surface area contributed by atoms with Gasteiger partial charge in [-0.25, -0.2) is 9.37 Å². The Morgan fingerprint density at radius 1 is 1.17 bits per heavy atom. The van der Waals surface area contributed by atoms with E-state index in [-0.39, 0.29) is 17.4 Å². The van der Waals surface area contributed by atoms with Crippen molar-refractivity contribution in [2.75, 3.05) is 6.54 Å². The van der Waals surface area contributed by atoms with Crippen molar-refractivity contribution in [3.63, 3.8) is 0 Å². The van der Waals surface area contributed by atoms with Crippen LogP contribution in [0.1, 0.15) is 40.3 Å². The average Bonchev–Trinajstić information content (AvgIpc) is 3.43. The molecule has 0 aliphatic heterocycles. The van der Waals surface area contributed by atoms with Crippen LogP contribution in [0.2, 0.25) is 0 Å². The van der Waals surface area contributed by atoms with E-state index in [1.807, 2.05) is 18.2 Å². The number of hydrogen-bond acceptors (Lipinski definition) is 5. The van der Waals surface area contributed by atoms with E-state index < -0.39 is 0 Å². The van der Waals surface area contributed by atoms with Crippen molar-refractivity contribution in [1.82, 2.24) is 20.2 Å². The molecule has 1 amide bonds. The molecular weight excluding hydrogens is 371 g/mol. The summed E-state index contributed by atoms with van der Waals surface area (Å²) in [6.45, 7) is 2.17. The molecule has 1 fully saturated rings. The largest absolute Gasteiger partial charge is 0.447 e. The Labute approximate surface area is 168 Å². The molecule has 3 aromatic rings. The van der Waals surface area contributed by atoms with Crippen LogP contribution in [0.3, 0.4) is 0 Å². The van der Waals surface area contributed by atoms with E-state index in [4.69, 9.17) is 4.42 Å². The minimum absolute atomic E-state index is 0.211. The van der Waals surface area contributed by atoms with Crippen molar-refractivity contribution in [2.45, 2.75) is 32.5 Å². The standard InChI is InChI=1S/C22H23FN4O2/c23-19-4-2-1-3-18(19)13-27(12-17-5-6-17)14-21-26-20(15-29-21)22(28)25-11-16-7-9-24-10-8-16/h1-4,7-10,15,17H,5-6,11-14H2,(H,25,28). The molecule has 6 nitrogen and oxygen atoms in total. The maximum atomic E-state index is 14.1. The normalized spacial score (nSPS) is 13.6. The summed E-state index contributed by atoms with van der Waals surface area (Å²) in [5.41, 5.74) is 1.85. The maximum absolute atomic E-state index is 14.1. The number of halogens is 1. The SMILES string of the molecule is O=C(NCc1ccncc1)c1coc(CN(Cc2ccccc2F)CC2CC2)n1. The van der Waals surface area contributed by atoms with E-state index in [1.54, 1.807) is 24.5 Å². The summed E-state index contributed by atoms with van der Waals surface area (Å²) in [5.74, 6) is 0.590. The molecule has 0 spiro atoms. The molecule has 1 N–H and O–H groups in total. The summed E-state index contributed by atoms with van der Waals surface area (Å²) in [4.78, 5) is 22.7. The highest BCUT2D eigenvalue weighted by Crippen LogP contribution is 2.30. The molecule has 2 heterocycles. The topological polar surface area (TPSA) is 71.3 Å². The maximum Gasteiger partial charge on any atom is 0.273 e. The zero-order valence-corrected chi connectivity index (χ0v) is 16.1. The number of aromatic nitrogens is 2. The second kappa shape index (κ2) is 8.96. The highest BCUT2D eigenvalue weighted by Gasteiger charge is 2.26. The smallest absolute Gasteiger partial charge is 0.273 e. The van der Waals surface area contributed by atoms with Crippen LogP contribution in [0.4, 0.5) is 4.39 Å². The van der Waals surface area contributed by atoms with E-state index in [1.165, 1.54) is 25.2 Å². The Morgan fingerprint density at radius 3 is 2.72 bits per heavy atom. The number of nitrogens with one attached hydrogen (secondary N) is 1. The molecule has 4 rings (SSSR count). The Morgan fingerprint density at radius 2 is 1.97 bits per heavy atom. The van der Waals surface area contributed by atoms with Gasteiger partial charge in [0.2, 0.25) is 5.89 Å². The van der Waals surface area contributed by atoms with Gasteiger partial charge < -0.3 is 9.73 Å². The van der Waals surface area contributed by atoms with Gasteiger partial charge >= 0.3 is 0 Å². The second-order valence-corrected chi connectivity index (χ2v) is 7.37. The summed E-state index contributed by atoms with van der Waals surface area (Å²) >= 11 is 0. The summed E-state index contributed by atoms with van der Waals surface area (Å²) in [7, 11) is 0. The van der Waals surface area contributed by atoms with E-state index in [2.05, 4.69) is 20.2 Å². The Balaban J connectivity index is 1.37. The number of pyridine rings is 1. The van der Waals surface area contributed by atoms with Crippen molar-refractivity contribution in [3.8, 4) is 0 Å². The molecule has 0 unspecified atom stereocenters. The molecule has 150 valence electrons. The summed E-state index contributed by atoms with van der Waals surface area (Å²) in [6.07, 6.45) is 7.12. The molecule has 29 heavy (non-hydrogen) atoms. The van der Waals surface area contributed by atoms with Crippen molar-refractivity contribution in [2.24, 2.45) is 5.92 Å². The van der Waals surface area contributed by atoms with Gasteiger partial charge in [-0.3, -0.25) is 14.7 Å². The molecule has 1 aliphatic carbocycles. The van der Waals surface area contributed by atoms with E-state index in [0.717, 1.165) is 12.1 Å². The van der Waals surface area contributed by atoms with Crippen LogP contribution in [-0.2, 0) is 19.6 Å². The molecule has 2 aromatic heterocycles. The Bertz CT molecular complexity index is 956. The molecule has 1 saturated carbocycles. The third-order valence-electron chi connectivity index (χ3n) is 4.91. The van der Waals surface area contributed by atoms with Crippen LogP contribution in [0.15, 0.2) is 59.5 Å². The lowest BCUT2D eigenvalue weighted by atomic mass is 10.2. The summed E-state index contributed by atoms with van der Waals surface area (Å²) in [5, 5.41) is 2.82. The second-order valence-electron chi connectivity index (χ2n) is 7.37. The first-order valence-electron chi connectivity index (χ1n) is 9.74. The van der Waals surface area contributed by atoms with Crippen LogP contribution in [-0.4, -0.2) is 27.3 Å². The first kappa shape index (κ1) is 19.3. The molecule has 0 saturated heterocycles. The number of oxazole rings is 1. The zero-order valence-electron chi connectivity index (χ0n) is 16.1. The number of carbonyl (C=O) groups is 1. The number of nitrogens with zero attached hydrogens (tertiary/aromatic N) is 3. The monoisotopic (exact) mass is 394 g/mol. The highest BCUT2D eigenvalue weighted by molar-refractivity contribution is 5.91. The number of amides is 1. The summed E-state index contributed by atoms with van der Waals surface area (Å²) < 4.78 is 19.6. The Hall–Kier alpha value is -3.06. The molecule has 0 radical (unpaired) electrons. The first-order chi connectivity index (χ1) is 14.2. The van der Waals surface area contributed by atoms with Crippen molar-refractivity contribution >= 4 is 5.91 Å². The van der Waals surface area contributed by atoms with E-state index in [9.17, 15) is 9.18 Å². The third kappa shape index (κ3) is 5.48. The highest BCUT2D eigenvalue weighted by atomic mass is 19.1. The van der Waals surface area contributed by atoms with Gasteiger partial charge in [0.1, 0.15) is 12.1 Å². The summed E-state index contributed by atoms with van der Waals surface area (Å²) in [6, 6.07) is 10.5. The lowest BCUT2D eigenvalue weighted by Crippen LogP contribution is -2.26. The number of benzene rings is 1. The van der Waals surface area contributed by atoms with Crippen LogP contribution in [0.25, 0.3) is 0 Å². The average molecular weight is 394 g/mol. The van der Waals surface area contributed by atoms with Gasteiger partial charge in [0.25, 0.3) is 5.91 Å². The molecule has 0 bridgehead atoms. The fraction of sp³-hybridized carbons (Fsp3) is 0.318. The number of rotatable bonds is 9. The van der Waals surface area contributed by atoms with Crippen LogP contribution in [0.5, 0.6) is 0 Å². The molecular formula is C22H23FN4O2. The first-order valence-corrected chi connectivity index (χ1v) is 9.74. The van der Waals surface area contributed by atoms with Gasteiger partial charge in [0.15, 0.2) is 5.69 Å². The van der Waals surface area contributed by atoms with Gasteiger partial charge in [0.05, 0.1) is 6.54 Å². The van der Waals surface area contributed by atoms with Gasteiger partial charge in [-0.15, -0.1) is 0 Å². The number of hydrogen-bond donors (Lipinski definition) is 1. The van der Waals surface area contributed by atoms with Crippen LogP contribution in [0, 0.1) is 11.7 Å². The minimum atomic E-state index is -0.292. The van der Waals surface area contributed by atoms with Crippen LogP contribution < -0.4 is 5.32 Å². The van der Waals surface area contributed by atoms with Crippen LogP contribution >= 0.6 is 0 Å². The molecule has 1 aromatic carbocycles. The Kier molecular flexibility index (Phi) is 5.95. The zero-order chi connectivity index (χ0) is 20.1. The van der Waals surface area contributed by atoms with E-state index >= 15 is 0 Å². The van der Waals surface area contributed by atoms with Gasteiger partial charge in [0, 0.05) is 37.6 Å². The lowest BCUT2D eigenvalue weighted by molar-refractivity contribution is 0.0945. The van der Waals surface area contributed by atoms with Crippen molar-refractivity contribution in [1.29, 1.82) is 0 Å². The van der Waals surface area contributed by atoms with Gasteiger partial charge in [-0.2, -0.15) is 0 Å². The predicted octanol–water partition coefficient (Wildman–Crippen LogP) is 3.55. The third-order valence-corrected chi connectivity index (χ3v) is 4.91. The fourth-order valence-corrected chi connectivity index (χ4v) is 3.17. The number of carbonyl (C=O) groups excluding carboxylic acids is 1. The minimum Gasteiger partial charge on any atom is -0.447 e. The lowest BCUT2D eigenvalue weighted by Gasteiger charge is -2.20. The van der Waals surface area contributed by atoms with Crippen molar-refractivity contribution in [3.05, 3.63) is 83.6 Å². The molecule has 0 atom stereocenters. The van der Waals surface area contributed by atoms with Crippen molar-refractivity contribution < 1.29 is 13.6 Å². The molecule has 7 heteroatoms. The van der Waals surface area contributed by atoms with Gasteiger partial charge in [-0.05, 0) is 42.5 Å². The quantitative estimate of drug-likeness (QED) is 0.601. The fourth-order valence-electron chi connectivity index (χ4n) is 3.17. The molecule has 1 aliphatic rings. The predicted molar refractivity (Wildman–Crippen MR) is 105 cm³/mol. The van der Waals surface area contributed by atoms with Gasteiger partial charge in [-0.1, -0.05) is 18.2 Å². The van der Waals surface area contributed by atoms with E-state index in [0.29, 0.717) is 37.0 Å².